The van der Waals surface area contributed by atoms with Crippen molar-refractivity contribution in [2.24, 2.45) is 0 Å². The molecule has 7 heterocycles. The molecule has 4 aliphatic rings. The van der Waals surface area contributed by atoms with Crippen LogP contribution in [0.15, 0.2) is 212 Å². The Balaban J connectivity index is 1.13. The first-order valence-electron chi connectivity index (χ1n) is 24.2. The fourth-order valence-electron chi connectivity index (χ4n) is 15.2. The monoisotopic (exact) mass is 873 g/mol. The van der Waals surface area contributed by atoms with Crippen LogP contribution < -0.4 is 9.13 Å². The number of nitrogens with zero attached hydrogens (tertiary/aromatic N) is 5. The van der Waals surface area contributed by atoms with E-state index in [0.717, 1.165) is 5.69 Å². The molecule has 0 radical (unpaired) electrons. The molecule has 0 fully saturated rings. The molecule has 2 aliphatic heterocycles. The van der Waals surface area contributed by atoms with Gasteiger partial charge in [0.25, 0.3) is 0 Å². The maximum absolute atomic E-state index is 2.80. The number of benzene rings is 10. The Morgan fingerprint density at radius 2 is 0.797 bits per heavy atom. The van der Waals surface area contributed by atoms with Gasteiger partial charge in [0.2, 0.25) is 0 Å². The summed E-state index contributed by atoms with van der Waals surface area (Å²) in [6.07, 6.45) is 0. The van der Waals surface area contributed by atoms with Crippen LogP contribution in [0.3, 0.4) is 0 Å². The first-order valence-corrected chi connectivity index (χ1v) is 24.2. The summed E-state index contributed by atoms with van der Waals surface area (Å²) in [5.74, 6) is 0. The van der Waals surface area contributed by atoms with Gasteiger partial charge in [0.15, 0.2) is 22.1 Å². The fourth-order valence-corrected chi connectivity index (χ4v) is 15.2. The van der Waals surface area contributed by atoms with Crippen molar-refractivity contribution in [2.75, 3.05) is 0 Å². The van der Waals surface area contributed by atoms with Crippen LogP contribution >= 0.6 is 0 Å². The lowest BCUT2D eigenvalue weighted by molar-refractivity contribution is -0.923. The van der Waals surface area contributed by atoms with Gasteiger partial charge < -0.3 is 4.57 Å². The third kappa shape index (κ3) is 3.35. The van der Waals surface area contributed by atoms with Crippen molar-refractivity contribution in [2.45, 2.75) is 11.1 Å². The van der Waals surface area contributed by atoms with E-state index < -0.39 is 11.1 Å². The van der Waals surface area contributed by atoms with Crippen LogP contribution in [-0.2, 0) is 11.1 Å². The van der Waals surface area contributed by atoms with Gasteiger partial charge in [0.05, 0.1) is 38.3 Å². The minimum absolute atomic E-state index is 0.578. The maximum atomic E-state index is 2.80. The summed E-state index contributed by atoms with van der Waals surface area (Å²) in [7, 11) is 0. The number of aromatic nitrogens is 5. The highest BCUT2D eigenvalue weighted by Crippen LogP contribution is 2.66. The Hall–Kier alpha value is -9.06. The van der Waals surface area contributed by atoms with Crippen LogP contribution in [0.25, 0.3) is 115 Å². The van der Waals surface area contributed by atoms with Crippen molar-refractivity contribution in [3.05, 3.63) is 246 Å². The molecule has 15 aromatic rings. The van der Waals surface area contributed by atoms with Crippen molar-refractivity contribution in [1.29, 1.82) is 0 Å². The summed E-state index contributed by atoms with van der Waals surface area (Å²) in [6, 6.07) is 81.0. The third-order valence-electron chi connectivity index (χ3n) is 17.3. The number of hydrogen-bond donors (Lipinski definition) is 0. The number of rotatable bonds is 1. The zero-order chi connectivity index (χ0) is 44.2. The van der Waals surface area contributed by atoms with Gasteiger partial charge >= 0.3 is 17.0 Å². The SMILES string of the molecule is c1ccc(-n2c3ccccc3c3cc4c5ccc6c7c5c5n(c4cc32)c2ccccc2[n+]5C72c3c(ccc4c5ccccc5n5c7ccccc7[n+]2c5c34)C62c3ccccc3-c3ccccc32)cc1. The highest BCUT2D eigenvalue weighted by Gasteiger charge is 2.70. The first kappa shape index (κ1) is 34.3. The van der Waals surface area contributed by atoms with E-state index in [1.54, 1.807) is 0 Å². The molecule has 1 atom stereocenters. The van der Waals surface area contributed by atoms with Crippen molar-refractivity contribution in [3.8, 4) is 16.8 Å². The number of hydrogen-bond acceptors (Lipinski definition) is 0. The van der Waals surface area contributed by atoms with Gasteiger partial charge in [-0.15, -0.1) is 0 Å². The van der Waals surface area contributed by atoms with E-state index in [0.29, 0.717) is 0 Å². The van der Waals surface area contributed by atoms with E-state index in [9.17, 15) is 0 Å². The van der Waals surface area contributed by atoms with Crippen molar-refractivity contribution in [1.82, 2.24) is 13.4 Å². The Morgan fingerprint density at radius 3 is 1.43 bits per heavy atom. The van der Waals surface area contributed by atoms with E-state index in [-0.39, 0.29) is 0 Å². The highest BCUT2D eigenvalue weighted by atomic mass is 15.4. The molecule has 69 heavy (non-hydrogen) atoms. The quantitative estimate of drug-likeness (QED) is 0.116. The zero-order valence-electron chi connectivity index (χ0n) is 36.9. The van der Waals surface area contributed by atoms with Gasteiger partial charge in [-0.05, 0) is 88.0 Å². The van der Waals surface area contributed by atoms with Crippen molar-refractivity contribution in [3.63, 3.8) is 0 Å². The Morgan fingerprint density at radius 1 is 0.319 bits per heavy atom. The second kappa shape index (κ2) is 11.0. The van der Waals surface area contributed by atoms with Crippen molar-refractivity contribution >= 4 is 98.5 Å². The molecule has 0 saturated heterocycles. The summed E-state index contributed by atoms with van der Waals surface area (Å²) >= 11 is 0. The molecule has 0 N–H and O–H groups in total. The average molecular weight is 874 g/mol. The Labute approximate surface area is 392 Å². The Kier molecular flexibility index (Phi) is 5.48. The summed E-state index contributed by atoms with van der Waals surface area (Å²) in [5.41, 5.74) is 22.9. The molecule has 5 aromatic heterocycles. The summed E-state index contributed by atoms with van der Waals surface area (Å²) in [5, 5.41) is 10.3. The highest BCUT2D eigenvalue weighted by molar-refractivity contribution is 6.23. The molecule has 10 aromatic carbocycles. The molecule has 0 saturated carbocycles. The number of fused-ring (bicyclic) bond motifs is 22. The second-order valence-electron chi connectivity index (χ2n) is 19.9. The predicted molar refractivity (Wildman–Crippen MR) is 277 cm³/mol. The van der Waals surface area contributed by atoms with Crippen LogP contribution in [-0.4, -0.2) is 13.4 Å². The van der Waals surface area contributed by atoms with Crippen LogP contribution in [0, 0.1) is 0 Å². The van der Waals surface area contributed by atoms with Crippen LogP contribution in [0.5, 0.6) is 0 Å². The van der Waals surface area contributed by atoms with Gasteiger partial charge in [-0.3, -0.25) is 0 Å². The lowest BCUT2D eigenvalue weighted by atomic mass is 9.58. The van der Waals surface area contributed by atoms with Crippen LogP contribution in [0.2, 0.25) is 0 Å². The van der Waals surface area contributed by atoms with E-state index >= 15 is 0 Å². The van der Waals surface area contributed by atoms with E-state index in [4.69, 9.17) is 0 Å². The topological polar surface area (TPSA) is 21.5 Å². The second-order valence-corrected chi connectivity index (χ2v) is 19.9. The number of imidazole rings is 2. The molecular formula is C64H35N5+2. The lowest BCUT2D eigenvalue weighted by Crippen LogP contribution is -2.73. The van der Waals surface area contributed by atoms with Gasteiger partial charge in [-0.25, -0.2) is 0 Å². The number of pyridine rings is 2. The fraction of sp³-hybridized carbons (Fsp3) is 0.0312. The molecule has 5 nitrogen and oxygen atoms in total. The molecule has 5 heteroatoms. The smallest absolute Gasteiger partial charge is 0.309 e. The molecule has 0 bridgehead atoms. The lowest BCUT2D eigenvalue weighted by Gasteiger charge is -2.43. The summed E-state index contributed by atoms with van der Waals surface area (Å²) in [4.78, 5) is 0. The average Bonchev–Trinajstić information content (AvgIpc) is 4.24. The maximum Gasteiger partial charge on any atom is 0.309 e. The minimum Gasteiger partial charge on any atom is -0.309 e. The minimum atomic E-state index is -0.783. The molecule has 2 aliphatic carbocycles. The number of para-hydroxylation sites is 7. The molecule has 0 amide bonds. The normalized spacial score (nSPS) is 16.6. The molecule has 1 unspecified atom stereocenters. The van der Waals surface area contributed by atoms with Crippen LogP contribution in [0.4, 0.5) is 0 Å². The molecule has 19 rings (SSSR count). The van der Waals surface area contributed by atoms with Gasteiger partial charge in [-0.2, -0.15) is 17.9 Å². The molecule has 314 valence electrons. The standard InChI is InChI=1S/C64H35N5/c1-2-16-36(17-3-1)65-49-24-10-7-21-40(49)43-34-44-42-31-33-48-60-58(42)62-67(56(44)35-55(43)65)52-27-13-15-29-54(52)69(62)64(60)59-47(63(48)45-22-8-4-18-37(45)38-19-5-9-23-46(38)63)32-30-41-39-20-6-11-25-50(39)66-51-26-12-14-28-53(51)68(64)61(66)57(41)59/h1-35H/q+2. The van der Waals surface area contributed by atoms with Gasteiger partial charge in [0.1, 0.15) is 11.0 Å². The van der Waals surface area contributed by atoms with E-state index in [1.165, 1.54) is 143 Å². The largest absolute Gasteiger partial charge is 0.309 e. The molecule has 2 spiro atoms. The third-order valence-corrected chi connectivity index (χ3v) is 17.3. The van der Waals surface area contributed by atoms with Crippen molar-refractivity contribution < 1.29 is 9.13 Å². The predicted octanol–water partition coefficient (Wildman–Crippen LogP) is 13.4. The van der Waals surface area contributed by atoms with Gasteiger partial charge in [0, 0.05) is 44.1 Å². The summed E-state index contributed by atoms with van der Waals surface area (Å²) in [6.45, 7) is 0. The van der Waals surface area contributed by atoms with Gasteiger partial charge in [-0.1, -0.05) is 152 Å². The molecular weight excluding hydrogens is 839 g/mol. The summed E-state index contributed by atoms with van der Waals surface area (Å²) < 4.78 is 13.3. The van der Waals surface area contributed by atoms with E-state index in [2.05, 4.69) is 235 Å². The Bertz CT molecular complexity index is 4980. The van der Waals surface area contributed by atoms with E-state index in [1.807, 2.05) is 0 Å². The first-order chi connectivity index (χ1) is 34.3. The zero-order valence-corrected chi connectivity index (χ0v) is 36.9. The van der Waals surface area contributed by atoms with Crippen LogP contribution in [0.1, 0.15) is 33.4 Å².